The number of rotatable bonds is 3. The lowest BCUT2D eigenvalue weighted by Gasteiger charge is -2.08. The van der Waals surface area contributed by atoms with E-state index < -0.39 is 5.82 Å². The molecule has 2 aromatic rings. The second-order valence-corrected chi connectivity index (χ2v) is 4.80. The Morgan fingerprint density at radius 2 is 2.00 bits per heavy atom. The second kappa shape index (κ2) is 5.50. The van der Waals surface area contributed by atoms with E-state index in [1.807, 2.05) is 0 Å². The van der Waals surface area contributed by atoms with E-state index >= 15 is 0 Å². The number of carbonyl (C=O) groups excluding carboxylic acids is 1. The quantitative estimate of drug-likeness (QED) is 0.753. The summed E-state index contributed by atoms with van der Waals surface area (Å²) in [6, 6.07) is 9.02. The van der Waals surface area contributed by atoms with Crippen molar-refractivity contribution in [1.29, 1.82) is 0 Å². The van der Waals surface area contributed by atoms with Crippen LogP contribution in [0.2, 0.25) is 5.02 Å². The summed E-state index contributed by atoms with van der Waals surface area (Å²) in [4.78, 5) is 10.9. The number of aldehydes is 1. The van der Waals surface area contributed by atoms with Gasteiger partial charge in [-0.1, -0.05) is 27.5 Å². The Kier molecular flexibility index (Phi) is 3.99. The van der Waals surface area contributed by atoms with E-state index in [9.17, 15) is 9.18 Å². The van der Waals surface area contributed by atoms with Gasteiger partial charge in [0.1, 0.15) is 17.3 Å². The van der Waals surface area contributed by atoms with Gasteiger partial charge in [-0.05, 0) is 30.3 Å². The lowest BCUT2D eigenvalue weighted by Crippen LogP contribution is -1.91. The molecule has 0 bridgehead atoms. The average Bonchev–Trinajstić information content (AvgIpc) is 2.36. The average molecular weight is 330 g/mol. The molecule has 0 aliphatic carbocycles. The first kappa shape index (κ1) is 13.1. The van der Waals surface area contributed by atoms with Crippen molar-refractivity contribution in [3.63, 3.8) is 0 Å². The van der Waals surface area contributed by atoms with Gasteiger partial charge in [-0.2, -0.15) is 0 Å². The minimum atomic E-state index is -0.518. The van der Waals surface area contributed by atoms with Gasteiger partial charge in [0.2, 0.25) is 0 Å². The standard InChI is InChI=1S/C13H7BrClFO2/c14-9-1-4-13(8(5-9)7-17)18-10-2-3-12(16)11(15)6-10/h1-7H. The van der Waals surface area contributed by atoms with Crippen LogP contribution in [0.25, 0.3) is 0 Å². The van der Waals surface area contributed by atoms with Crippen molar-refractivity contribution in [1.82, 2.24) is 0 Å². The summed E-state index contributed by atoms with van der Waals surface area (Å²) in [6.45, 7) is 0. The van der Waals surface area contributed by atoms with Crippen LogP contribution in [0.15, 0.2) is 40.9 Å². The Bertz CT molecular complexity index is 602. The molecule has 18 heavy (non-hydrogen) atoms. The van der Waals surface area contributed by atoms with E-state index in [0.29, 0.717) is 23.3 Å². The highest BCUT2D eigenvalue weighted by molar-refractivity contribution is 9.10. The largest absolute Gasteiger partial charge is 0.457 e. The number of hydrogen-bond acceptors (Lipinski definition) is 2. The van der Waals surface area contributed by atoms with Crippen LogP contribution in [-0.4, -0.2) is 6.29 Å². The molecule has 0 saturated carbocycles. The van der Waals surface area contributed by atoms with Gasteiger partial charge in [-0.15, -0.1) is 0 Å². The molecule has 2 aromatic carbocycles. The van der Waals surface area contributed by atoms with E-state index in [2.05, 4.69) is 15.9 Å². The van der Waals surface area contributed by atoms with Gasteiger partial charge >= 0.3 is 0 Å². The molecule has 0 fully saturated rings. The highest BCUT2D eigenvalue weighted by Gasteiger charge is 2.07. The summed E-state index contributed by atoms with van der Waals surface area (Å²) < 4.78 is 19.2. The molecule has 0 unspecified atom stereocenters. The predicted molar refractivity (Wildman–Crippen MR) is 71.0 cm³/mol. The molecule has 5 heteroatoms. The summed E-state index contributed by atoms with van der Waals surface area (Å²) >= 11 is 8.91. The Labute approximate surface area is 116 Å². The van der Waals surface area contributed by atoms with Crippen molar-refractivity contribution < 1.29 is 13.9 Å². The van der Waals surface area contributed by atoms with Crippen molar-refractivity contribution in [3.05, 3.63) is 57.3 Å². The molecule has 0 aliphatic rings. The zero-order chi connectivity index (χ0) is 13.1. The molecular weight excluding hydrogens is 322 g/mol. The van der Waals surface area contributed by atoms with E-state index in [1.54, 1.807) is 18.2 Å². The van der Waals surface area contributed by atoms with Crippen LogP contribution in [0.5, 0.6) is 11.5 Å². The molecule has 0 amide bonds. The minimum absolute atomic E-state index is 0.0303. The minimum Gasteiger partial charge on any atom is -0.457 e. The van der Waals surface area contributed by atoms with E-state index in [-0.39, 0.29) is 5.02 Å². The van der Waals surface area contributed by atoms with Gasteiger partial charge in [0.15, 0.2) is 6.29 Å². The zero-order valence-electron chi connectivity index (χ0n) is 8.99. The van der Waals surface area contributed by atoms with Gasteiger partial charge in [0, 0.05) is 10.5 Å². The van der Waals surface area contributed by atoms with Crippen LogP contribution in [0.3, 0.4) is 0 Å². The summed E-state index contributed by atoms with van der Waals surface area (Å²) in [5.74, 6) is 0.234. The number of carbonyl (C=O) groups is 1. The molecule has 0 atom stereocenters. The van der Waals surface area contributed by atoms with E-state index in [0.717, 1.165) is 4.47 Å². The smallest absolute Gasteiger partial charge is 0.153 e. The lowest BCUT2D eigenvalue weighted by molar-refractivity contribution is 0.112. The molecular formula is C13H7BrClFO2. The maximum atomic E-state index is 13.0. The van der Waals surface area contributed by atoms with Gasteiger partial charge in [0.25, 0.3) is 0 Å². The first-order valence-electron chi connectivity index (χ1n) is 4.98. The number of halogens is 3. The van der Waals surface area contributed by atoms with Gasteiger partial charge in [-0.25, -0.2) is 4.39 Å². The third-order valence-corrected chi connectivity index (χ3v) is 3.00. The highest BCUT2D eigenvalue weighted by Crippen LogP contribution is 2.29. The topological polar surface area (TPSA) is 26.3 Å². The SMILES string of the molecule is O=Cc1cc(Br)ccc1Oc1ccc(F)c(Cl)c1. The number of ether oxygens (including phenoxy) is 1. The maximum absolute atomic E-state index is 13.0. The summed E-state index contributed by atoms with van der Waals surface area (Å²) in [6.07, 6.45) is 0.686. The van der Waals surface area contributed by atoms with Crippen molar-refractivity contribution in [3.8, 4) is 11.5 Å². The van der Waals surface area contributed by atoms with Crippen LogP contribution in [0.1, 0.15) is 10.4 Å². The molecule has 0 aromatic heterocycles. The summed E-state index contributed by atoms with van der Waals surface area (Å²) in [5.41, 5.74) is 0.393. The maximum Gasteiger partial charge on any atom is 0.153 e. The third-order valence-electron chi connectivity index (χ3n) is 2.22. The molecule has 2 rings (SSSR count). The molecule has 0 saturated heterocycles. The Balaban J connectivity index is 2.33. The fraction of sp³-hybridized carbons (Fsp3) is 0. The Hall–Kier alpha value is -1.39. The van der Waals surface area contributed by atoms with Crippen LogP contribution in [-0.2, 0) is 0 Å². The van der Waals surface area contributed by atoms with Crippen LogP contribution < -0.4 is 4.74 Å². The first-order chi connectivity index (χ1) is 8.60. The monoisotopic (exact) mass is 328 g/mol. The van der Waals surface area contributed by atoms with Gasteiger partial charge < -0.3 is 4.74 Å². The predicted octanol–water partition coefficient (Wildman–Crippen LogP) is 4.85. The van der Waals surface area contributed by atoms with Crippen LogP contribution in [0.4, 0.5) is 4.39 Å². The van der Waals surface area contributed by atoms with Gasteiger partial charge in [-0.3, -0.25) is 4.79 Å². The fourth-order valence-corrected chi connectivity index (χ4v) is 1.92. The van der Waals surface area contributed by atoms with Crippen molar-refractivity contribution in [2.45, 2.75) is 0 Å². The summed E-state index contributed by atoms with van der Waals surface area (Å²) in [5, 5.41) is -0.0303. The van der Waals surface area contributed by atoms with E-state index in [4.69, 9.17) is 16.3 Å². The number of hydrogen-bond donors (Lipinski definition) is 0. The Morgan fingerprint density at radius 3 is 2.67 bits per heavy atom. The molecule has 2 nitrogen and oxygen atoms in total. The second-order valence-electron chi connectivity index (χ2n) is 3.48. The molecule has 0 N–H and O–H groups in total. The van der Waals surface area contributed by atoms with Crippen LogP contribution in [0, 0.1) is 5.82 Å². The van der Waals surface area contributed by atoms with E-state index in [1.165, 1.54) is 18.2 Å². The van der Waals surface area contributed by atoms with Crippen molar-refractivity contribution >= 4 is 33.8 Å². The van der Waals surface area contributed by atoms with Crippen LogP contribution >= 0.6 is 27.5 Å². The lowest BCUT2D eigenvalue weighted by atomic mass is 10.2. The molecule has 0 aliphatic heterocycles. The van der Waals surface area contributed by atoms with Crippen molar-refractivity contribution in [2.75, 3.05) is 0 Å². The molecule has 0 spiro atoms. The molecule has 0 heterocycles. The summed E-state index contributed by atoms with van der Waals surface area (Å²) in [7, 11) is 0. The zero-order valence-corrected chi connectivity index (χ0v) is 11.3. The fourth-order valence-electron chi connectivity index (χ4n) is 1.37. The normalized spacial score (nSPS) is 10.2. The highest BCUT2D eigenvalue weighted by atomic mass is 79.9. The van der Waals surface area contributed by atoms with Crippen molar-refractivity contribution in [2.24, 2.45) is 0 Å². The number of benzene rings is 2. The first-order valence-corrected chi connectivity index (χ1v) is 6.15. The van der Waals surface area contributed by atoms with Gasteiger partial charge in [0.05, 0.1) is 10.6 Å². The molecule has 92 valence electrons. The third kappa shape index (κ3) is 2.89. The molecule has 0 radical (unpaired) electrons. The Morgan fingerprint density at radius 1 is 1.22 bits per heavy atom.